The van der Waals surface area contributed by atoms with Gasteiger partial charge in [-0.25, -0.2) is 0 Å². The summed E-state index contributed by atoms with van der Waals surface area (Å²) < 4.78 is 0. The van der Waals surface area contributed by atoms with Crippen LogP contribution in [0.1, 0.15) is 135 Å². The monoisotopic (exact) mass is 641 g/mol. The average molecular weight is 641 g/mol. The second-order valence-electron chi connectivity index (χ2n) is 20.1. The fourth-order valence-electron chi connectivity index (χ4n) is 18.6. The molecule has 2 aromatic carbocycles. The molecule has 0 heterocycles. The molecule has 0 heteroatoms. The maximum Gasteiger partial charge on any atom is -0.00914 e. The summed E-state index contributed by atoms with van der Waals surface area (Å²) in [5.41, 5.74) is 10.2. The van der Waals surface area contributed by atoms with Gasteiger partial charge < -0.3 is 0 Å². The van der Waals surface area contributed by atoms with Crippen LogP contribution in [0.15, 0.2) is 36.4 Å². The van der Waals surface area contributed by atoms with Gasteiger partial charge in [0.2, 0.25) is 0 Å². The van der Waals surface area contributed by atoms with E-state index < -0.39 is 0 Å². The third-order valence-corrected chi connectivity index (χ3v) is 19.2. The lowest BCUT2D eigenvalue weighted by Crippen LogP contribution is -2.59. The number of hydrogen-bond donors (Lipinski definition) is 0. The van der Waals surface area contributed by atoms with E-state index in [0.717, 1.165) is 107 Å². The first-order chi connectivity index (χ1) is 23.5. The Morgan fingerprint density at radius 3 is 1.10 bits per heavy atom. The quantitative estimate of drug-likeness (QED) is 0.306. The number of hydrogen-bond acceptors (Lipinski definition) is 0. The predicted octanol–water partition coefficient (Wildman–Crippen LogP) is 12.2. The van der Waals surface area contributed by atoms with Gasteiger partial charge in [0.05, 0.1) is 0 Å². The van der Waals surface area contributed by atoms with Crippen molar-refractivity contribution in [2.75, 3.05) is 0 Å². The van der Waals surface area contributed by atoms with Crippen molar-refractivity contribution in [1.82, 2.24) is 0 Å². The number of rotatable bonds is 2. The van der Waals surface area contributed by atoms with Gasteiger partial charge in [-0.3, -0.25) is 0 Å². The van der Waals surface area contributed by atoms with Crippen LogP contribution in [0.2, 0.25) is 0 Å². The van der Waals surface area contributed by atoms with Gasteiger partial charge in [-0.1, -0.05) is 49.2 Å². The van der Waals surface area contributed by atoms with Crippen LogP contribution < -0.4 is 0 Å². The highest BCUT2D eigenvalue weighted by Gasteiger charge is 2.70. The van der Waals surface area contributed by atoms with E-state index >= 15 is 0 Å². The van der Waals surface area contributed by atoms with Crippen LogP contribution in [-0.2, 0) is 0 Å². The molecule has 256 valence electrons. The largest absolute Gasteiger partial charge is 0.0617 e. The predicted molar refractivity (Wildman–Crippen MR) is 198 cm³/mol. The fourth-order valence-corrected chi connectivity index (χ4v) is 18.6. The molecule has 0 saturated heterocycles. The molecule has 0 bridgehead atoms. The molecular formula is C48H64. The Hall–Kier alpha value is -1.56. The zero-order valence-corrected chi connectivity index (χ0v) is 30.8. The van der Waals surface area contributed by atoms with Crippen LogP contribution in [0, 0.1) is 122 Å². The molecule has 48 heavy (non-hydrogen) atoms. The number of aryl methyl sites for hydroxylation is 4. The SMILES string of the molecule is Cc1cccc(C)c1C1C2CCCCC2C(c2c(C)cccc2C)C2C3CCC4C5CCC6CCC7CCC(C8CCC(C3C84)C12)C5C76. The molecule has 9 saturated carbocycles. The first-order valence-electron chi connectivity index (χ1n) is 21.6. The molecule has 14 atom stereocenters. The van der Waals surface area contributed by atoms with Gasteiger partial charge in [-0.2, -0.15) is 0 Å². The molecule has 0 aromatic heterocycles. The zero-order valence-electron chi connectivity index (χ0n) is 30.8. The molecule has 0 radical (unpaired) electrons. The highest BCUT2D eigenvalue weighted by molar-refractivity contribution is 5.43. The first-order valence-corrected chi connectivity index (χ1v) is 21.6. The van der Waals surface area contributed by atoms with Gasteiger partial charge in [0.1, 0.15) is 0 Å². The molecule has 14 unspecified atom stereocenters. The van der Waals surface area contributed by atoms with Gasteiger partial charge in [-0.05, 0) is 245 Å². The smallest absolute Gasteiger partial charge is 0.00914 e. The summed E-state index contributed by atoms with van der Waals surface area (Å²) in [5, 5.41) is 0. The van der Waals surface area contributed by atoms with Crippen LogP contribution in [0.25, 0.3) is 0 Å². The van der Waals surface area contributed by atoms with Crippen molar-refractivity contribution >= 4 is 0 Å². The Morgan fingerprint density at radius 2 is 0.667 bits per heavy atom. The van der Waals surface area contributed by atoms with Crippen LogP contribution >= 0.6 is 0 Å². The van der Waals surface area contributed by atoms with Gasteiger partial charge in [0, 0.05) is 0 Å². The third-order valence-electron chi connectivity index (χ3n) is 19.2. The Balaban J connectivity index is 1.08. The average Bonchev–Trinajstić information content (AvgIpc) is 3.67. The Morgan fingerprint density at radius 1 is 0.333 bits per heavy atom. The molecule has 9 aliphatic rings. The molecule has 9 aliphatic carbocycles. The molecule has 2 aromatic rings. The van der Waals surface area contributed by atoms with Crippen LogP contribution in [0.4, 0.5) is 0 Å². The number of benzene rings is 2. The molecule has 0 spiro atoms. The van der Waals surface area contributed by atoms with Gasteiger partial charge in [0.25, 0.3) is 0 Å². The van der Waals surface area contributed by atoms with Gasteiger partial charge in [0.15, 0.2) is 0 Å². The maximum atomic E-state index is 2.50. The third kappa shape index (κ3) is 3.91. The summed E-state index contributed by atoms with van der Waals surface area (Å²) >= 11 is 0. The highest BCUT2D eigenvalue weighted by Crippen LogP contribution is 2.77. The molecule has 11 rings (SSSR count). The summed E-state index contributed by atoms with van der Waals surface area (Å²) in [7, 11) is 0. The minimum atomic E-state index is 0.799. The topological polar surface area (TPSA) is 0 Å². The normalized spacial score (nSPS) is 51.0. The van der Waals surface area contributed by atoms with E-state index in [-0.39, 0.29) is 0 Å². The minimum absolute atomic E-state index is 0.799. The summed E-state index contributed by atoms with van der Waals surface area (Å²) in [6, 6.07) is 14.7. The van der Waals surface area contributed by atoms with Crippen molar-refractivity contribution in [1.29, 1.82) is 0 Å². The lowest BCUT2D eigenvalue weighted by Gasteiger charge is -2.65. The Kier molecular flexibility index (Phi) is 6.88. The van der Waals surface area contributed by atoms with Crippen molar-refractivity contribution in [3.63, 3.8) is 0 Å². The number of fused-ring (bicyclic) bond motifs is 6. The van der Waals surface area contributed by atoms with E-state index in [4.69, 9.17) is 0 Å². The van der Waals surface area contributed by atoms with Gasteiger partial charge >= 0.3 is 0 Å². The van der Waals surface area contributed by atoms with Crippen LogP contribution in [0.5, 0.6) is 0 Å². The van der Waals surface area contributed by atoms with E-state index in [1.807, 2.05) is 11.1 Å². The van der Waals surface area contributed by atoms with Crippen molar-refractivity contribution in [2.45, 2.75) is 129 Å². The second-order valence-corrected chi connectivity index (χ2v) is 20.1. The van der Waals surface area contributed by atoms with Crippen LogP contribution in [0.3, 0.4) is 0 Å². The first kappa shape index (κ1) is 30.1. The molecule has 0 N–H and O–H groups in total. The molecule has 9 fully saturated rings. The minimum Gasteiger partial charge on any atom is -0.0617 e. The van der Waals surface area contributed by atoms with Crippen LogP contribution in [-0.4, -0.2) is 0 Å². The fraction of sp³-hybridized carbons (Fsp3) is 0.750. The van der Waals surface area contributed by atoms with E-state index in [9.17, 15) is 0 Å². The van der Waals surface area contributed by atoms with E-state index in [2.05, 4.69) is 64.1 Å². The van der Waals surface area contributed by atoms with E-state index in [0.29, 0.717) is 0 Å². The molecule has 0 aliphatic heterocycles. The second kappa shape index (κ2) is 11.0. The van der Waals surface area contributed by atoms with Crippen molar-refractivity contribution in [3.8, 4) is 0 Å². The van der Waals surface area contributed by atoms with Crippen molar-refractivity contribution in [3.05, 3.63) is 69.8 Å². The lowest BCUT2D eigenvalue weighted by molar-refractivity contribution is -0.169. The van der Waals surface area contributed by atoms with Gasteiger partial charge in [-0.15, -0.1) is 0 Å². The van der Waals surface area contributed by atoms with Crippen molar-refractivity contribution < 1.29 is 0 Å². The maximum absolute atomic E-state index is 2.50. The molecule has 0 amide bonds. The summed E-state index contributed by atoms with van der Waals surface area (Å²) in [5.74, 6) is 18.2. The van der Waals surface area contributed by atoms with E-state index in [1.165, 1.54) is 25.7 Å². The lowest BCUT2D eigenvalue weighted by atomic mass is 9.40. The summed E-state index contributed by atoms with van der Waals surface area (Å²) in [6.07, 6.45) is 22.0. The zero-order chi connectivity index (χ0) is 32.0. The molecule has 0 nitrogen and oxygen atoms in total. The van der Waals surface area contributed by atoms with Crippen molar-refractivity contribution in [2.24, 2.45) is 94.7 Å². The Labute approximate surface area is 293 Å². The Bertz CT molecular complexity index is 1430. The molecular weight excluding hydrogens is 577 g/mol. The van der Waals surface area contributed by atoms with E-state index in [1.54, 1.807) is 86.5 Å². The summed E-state index contributed by atoms with van der Waals surface area (Å²) in [4.78, 5) is 0. The highest BCUT2D eigenvalue weighted by atomic mass is 14.7. The summed E-state index contributed by atoms with van der Waals surface area (Å²) in [6.45, 7) is 9.99. The standard InChI is InChI=1S/C48H64/c1-25-9-7-10-26(2)39(25)45-31-13-5-6-14-32(31)46(40-27(3)11-8-12-28(40)4)48-38-24-22-36-34-20-18-30-16-15-29-17-19-33(42(34)41(29)30)35-21-23-37(47(45)48)44(38)43(35)36/h7-12,29-38,41-48H,5-6,13-24H2,1-4H3.